The highest BCUT2D eigenvalue weighted by Crippen LogP contribution is 2.31. The van der Waals surface area contributed by atoms with E-state index in [1.54, 1.807) is 17.8 Å². The van der Waals surface area contributed by atoms with E-state index in [2.05, 4.69) is 26.6 Å². The standard InChI is InChI=1S/C46H55N7O13S2/c1-68(61,62)52-17-15-32(25-52)41(56)48-36(42(57)51-46-49-37(28-67-46)31-5-3-2-4-6-31)27-65-26-30-9-7-29(8-10-30)24-47-39(54)16-18-63-19-20-64-21-22-66-33-11-12-34-35(23-33)45(60)53(44(34)59)38-13-14-40(55)50-43(38)58/h2-12,23,32,36-38,46,49H,13-22,24-28H2,1H3,(H,47,54)(H,48,56)(H,51,57)(H,50,55,58)/t32?,36-,37?,38?,46?/m0/s1. The minimum Gasteiger partial charge on any atom is -0.491 e. The first-order valence-corrected chi connectivity index (χ1v) is 25.2. The zero-order valence-electron chi connectivity index (χ0n) is 37.4. The molecule has 7 rings (SSSR count). The van der Waals surface area contributed by atoms with Crippen molar-refractivity contribution in [1.29, 1.82) is 0 Å². The SMILES string of the molecule is CS(=O)(=O)N1CCC(C(=O)N[C@@H](COCc2ccc(CNC(=O)CCOCCOCCOc3ccc4c(c3)C(=O)N(C3CCC(=O)NC3=O)C4=O)cc2)C(=O)NC2NC(c3ccccc3)CS2)C1. The maximum atomic E-state index is 13.6. The molecule has 68 heavy (non-hydrogen) atoms. The average Bonchev–Trinajstić information content (AvgIpc) is 4.07. The fraction of sp³-hybridized carbons (Fsp3) is 0.457. The van der Waals surface area contributed by atoms with Gasteiger partial charge in [-0.1, -0.05) is 54.6 Å². The molecule has 3 aromatic carbocycles. The van der Waals surface area contributed by atoms with Gasteiger partial charge in [-0.15, -0.1) is 11.8 Å². The normalized spacial score (nSPS) is 21.0. The van der Waals surface area contributed by atoms with Gasteiger partial charge in [-0.05, 0) is 47.7 Å². The molecule has 364 valence electrons. The van der Waals surface area contributed by atoms with Crippen molar-refractivity contribution in [3.63, 3.8) is 0 Å². The van der Waals surface area contributed by atoms with Crippen LogP contribution in [0.5, 0.6) is 5.75 Å². The van der Waals surface area contributed by atoms with Crippen LogP contribution >= 0.6 is 11.8 Å². The second-order valence-corrected chi connectivity index (χ2v) is 19.7. The van der Waals surface area contributed by atoms with Crippen LogP contribution in [0.2, 0.25) is 0 Å². The first-order chi connectivity index (χ1) is 32.7. The van der Waals surface area contributed by atoms with Gasteiger partial charge < -0.3 is 34.9 Å². The Bertz CT molecular complexity index is 2440. The molecule has 4 aliphatic rings. The number of nitrogens with one attached hydrogen (secondary N) is 5. The molecule has 0 radical (unpaired) electrons. The third kappa shape index (κ3) is 13.5. The van der Waals surface area contributed by atoms with E-state index in [9.17, 15) is 42.0 Å². The molecule has 7 amide bonds. The first kappa shape index (κ1) is 50.1. The van der Waals surface area contributed by atoms with E-state index in [1.165, 1.54) is 16.4 Å². The lowest BCUT2D eigenvalue weighted by Crippen LogP contribution is -2.54. The van der Waals surface area contributed by atoms with Crippen LogP contribution in [-0.4, -0.2) is 141 Å². The predicted octanol–water partition coefficient (Wildman–Crippen LogP) is 0.967. The van der Waals surface area contributed by atoms with Gasteiger partial charge in [-0.25, -0.2) is 12.7 Å². The molecular weight excluding hydrogens is 923 g/mol. The Hall–Kier alpha value is -5.75. The molecule has 5 N–H and O–H groups in total. The number of hydrogen-bond donors (Lipinski definition) is 5. The van der Waals surface area contributed by atoms with Gasteiger partial charge in [0.1, 0.15) is 29.9 Å². The maximum absolute atomic E-state index is 13.6. The third-order valence-electron chi connectivity index (χ3n) is 11.7. The maximum Gasteiger partial charge on any atom is 0.262 e. The van der Waals surface area contributed by atoms with Gasteiger partial charge in [-0.3, -0.25) is 49.1 Å². The van der Waals surface area contributed by atoms with E-state index in [1.807, 2.05) is 54.6 Å². The van der Waals surface area contributed by atoms with Crippen molar-refractivity contribution in [2.75, 3.05) is 64.7 Å². The van der Waals surface area contributed by atoms with E-state index >= 15 is 0 Å². The van der Waals surface area contributed by atoms with Crippen LogP contribution < -0.4 is 31.3 Å². The second-order valence-electron chi connectivity index (χ2n) is 16.6. The summed E-state index contributed by atoms with van der Waals surface area (Å²) < 4.78 is 48.1. The topological polar surface area (TPSA) is 257 Å². The summed E-state index contributed by atoms with van der Waals surface area (Å²) in [6, 6.07) is 19.7. The average molecular weight is 978 g/mol. The summed E-state index contributed by atoms with van der Waals surface area (Å²) in [5, 5.41) is 14.2. The summed E-state index contributed by atoms with van der Waals surface area (Å²) in [4.78, 5) is 89.9. The minimum atomic E-state index is -3.45. The molecule has 5 atom stereocenters. The van der Waals surface area contributed by atoms with Crippen molar-refractivity contribution in [3.05, 3.63) is 101 Å². The minimum absolute atomic E-state index is 0.0339. The lowest BCUT2D eigenvalue weighted by molar-refractivity contribution is -0.136. The highest BCUT2D eigenvalue weighted by molar-refractivity contribution is 8.00. The molecule has 22 heteroatoms. The van der Waals surface area contributed by atoms with Crippen LogP contribution in [0.4, 0.5) is 0 Å². The monoisotopic (exact) mass is 977 g/mol. The van der Waals surface area contributed by atoms with Crippen LogP contribution in [0.1, 0.15) is 69.1 Å². The number of imide groups is 2. The quantitative estimate of drug-likeness (QED) is 0.0656. The number of amides is 7. The van der Waals surface area contributed by atoms with Crippen LogP contribution in [0.15, 0.2) is 72.8 Å². The smallest absolute Gasteiger partial charge is 0.262 e. The number of nitrogens with zero attached hydrogens (tertiary/aromatic N) is 2. The van der Waals surface area contributed by atoms with Gasteiger partial charge in [0.05, 0.1) is 62.9 Å². The highest BCUT2D eigenvalue weighted by atomic mass is 32.2. The summed E-state index contributed by atoms with van der Waals surface area (Å²) in [5.41, 5.74) is 2.65. The van der Waals surface area contributed by atoms with Gasteiger partial charge in [0.2, 0.25) is 39.6 Å². The van der Waals surface area contributed by atoms with Crippen LogP contribution in [0.3, 0.4) is 0 Å². The van der Waals surface area contributed by atoms with Gasteiger partial charge in [-0.2, -0.15) is 0 Å². The molecular formula is C46H55N7O13S2. The summed E-state index contributed by atoms with van der Waals surface area (Å²) in [6.07, 6.45) is 1.70. The molecule has 0 spiro atoms. The van der Waals surface area contributed by atoms with Crippen LogP contribution in [0, 0.1) is 5.92 Å². The number of ether oxygens (including phenoxy) is 4. The second kappa shape index (κ2) is 23.5. The first-order valence-electron chi connectivity index (χ1n) is 22.3. The van der Waals surface area contributed by atoms with Crippen molar-refractivity contribution in [2.24, 2.45) is 5.92 Å². The Labute approximate surface area is 397 Å². The molecule has 4 heterocycles. The van der Waals surface area contributed by atoms with Crippen LogP contribution in [0.25, 0.3) is 0 Å². The van der Waals surface area contributed by atoms with Gasteiger partial charge in [0, 0.05) is 44.3 Å². The number of carbonyl (C=O) groups is 7. The number of piperidine rings is 1. The molecule has 0 saturated carbocycles. The molecule has 3 fully saturated rings. The fourth-order valence-electron chi connectivity index (χ4n) is 7.96. The number of fused-ring (bicyclic) bond motifs is 1. The number of thioether (sulfide) groups is 1. The fourth-order valence-corrected chi connectivity index (χ4v) is 9.98. The lowest BCUT2D eigenvalue weighted by Gasteiger charge is -2.27. The molecule has 4 aliphatic heterocycles. The Kier molecular flexibility index (Phi) is 17.3. The number of hydrogen-bond acceptors (Lipinski definition) is 15. The molecule has 3 aromatic rings. The van der Waals surface area contributed by atoms with Crippen molar-refractivity contribution < 1.29 is 60.9 Å². The van der Waals surface area contributed by atoms with Crippen molar-refractivity contribution >= 4 is 63.1 Å². The third-order valence-corrected chi connectivity index (χ3v) is 14.1. The summed E-state index contributed by atoms with van der Waals surface area (Å²) in [7, 11) is -3.45. The molecule has 20 nitrogen and oxygen atoms in total. The van der Waals surface area contributed by atoms with Crippen LogP contribution in [-0.2, 0) is 61.4 Å². The Balaban J connectivity index is 0.762. The Morgan fingerprint density at radius 1 is 0.853 bits per heavy atom. The van der Waals surface area contributed by atoms with Crippen molar-refractivity contribution in [1.82, 2.24) is 35.8 Å². The highest BCUT2D eigenvalue weighted by Gasteiger charge is 2.45. The molecule has 4 unspecified atom stereocenters. The summed E-state index contributed by atoms with van der Waals surface area (Å²) in [6.45, 7) is 1.64. The van der Waals surface area contributed by atoms with E-state index in [0.717, 1.165) is 33.6 Å². The van der Waals surface area contributed by atoms with Gasteiger partial charge in [0.25, 0.3) is 11.8 Å². The number of benzene rings is 3. The number of sulfonamides is 1. The molecule has 0 bridgehead atoms. The summed E-state index contributed by atoms with van der Waals surface area (Å²) in [5.74, 6) is -2.89. The molecule has 0 aliphatic carbocycles. The van der Waals surface area contributed by atoms with E-state index < -0.39 is 63.5 Å². The van der Waals surface area contributed by atoms with E-state index in [4.69, 9.17) is 18.9 Å². The zero-order chi connectivity index (χ0) is 48.2. The predicted molar refractivity (Wildman–Crippen MR) is 246 cm³/mol. The lowest BCUT2D eigenvalue weighted by atomic mass is 10.0. The Morgan fingerprint density at radius 2 is 1.57 bits per heavy atom. The van der Waals surface area contributed by atoms with Gasteiger partial charge in [0.15, 0.2) is 0 Å². The van der Waals surface area contributed by atoms with E-state index in [0.29, 0.717) is 18.7 Å². The zero-order valence-corrected chi connectivity index (χ0v) is 39.1. The summed E-state index contributed by atoms with van der Waals surface area (Å²) >= 11 is 1.54. The van der Waals surface area contributed by atoms with E-state index in [-0.39, 0.29) is 107 Å². The Morgan fingerprint density at radius 3 is 2.31 bits per heavy atom. The van der Waals surface area contributed by atoms with Crippen molar-refractivity contribution in [3.8, 4) is 5.75 Å². The van der Waals surface area contributed by atoms with Gasteiger partial charge >= 0.3 is 0 Å². The van der Waals surface area contributed by atoms with Crippen molar-refractivity contribution in [2.45, 2.75) is 62.5 Å². The molecule has 0 aromatic heterocycles. The number of rotatable bonds is 23. The molecule has 3 saturated heterocycles. The largest absolute Gasteiger partial charge is 0.491 e. The number of carbonyl (C=O) groups excluding carboxylic acids is 7.